The van der Waals surface area contributed by atoms with Crippen LogP contribution in [0.5, 0.6) is 0 Å². The summed E-state index contributed by atoms with van der Waals surface area (Å²) in [4.78, 5) is 0. The molecule has 0 spiro atoms. The molecule has 1 nitrogen and oxygen atoms in total. The van der Waals surface area contributed by atoms with E-state index < -0.39 is 0 Å². The van der Waals surface area contributed by atoms with Crippen LogP contribution >= 0.6 is 0 Å². The molecule has 0 unspecified atom stereocenters. The third kappa shape index (κ3) is 4.45. The molecule has 1 heteroatoms. The molecule has 2 rings (SSSR count). The minimum absolute atomic E-state index is 0.316. The Morgan fingerprint density at radius 1 is 0.727 bits per heavy atom. The standard InChI is InChI=1S/C21H28O/c1-4-6-17-8-12-19(13-9-17)21(16-22-3)20-14-10-18(7-5-2)11-15-20/h8-15,21H,4-7,16H2,1-3H3. The van der Waals surface area contributed by atoms with Crippen LogP contribution in [-0.2, 0) is 17.6 Å². The van der Waals surface area contributed by atoms with E-state index in [1.165, 1.54) is 35.1 Å². The molecule has 22 heavy (non-hydrogen) atoms. The molecule has 0 saturated heterocycles. The van der Waals surface area contributed by atoms with Gasteiger partial charge in [0, 0.05) is 13.0 Å². The summed E-state index contributed by atoms with van der Waals surface area (Å²) >= 11 is 0. The summed E-state index contributed by atoms with van der Waals surface area (Å²) in [6.45, 7) is 5.17. The second-order valence-electron chi connectivity index (χ2n) is 5.99. The lowest BCUT2D eigenvalue weighted by Crippen LogP contribution is -2.08. The summed E-state index contributed by atoms with van der Waals surface area (Å²) in [5.41, 5.74) is 5.51. The molecular formula is C21H28O. The van der Waals surface area contributed by atoms with Gasteiger partial charge < -0.3 is 4.74 Å². The SMILES string of the molecule is CCCc1ccc(C(COC)c2ccc(CCC)cc2)cc1. The van der Waals surface area contributed by atoms with Crippen LogP contribution in [-0.4, -0.2) is 13.7 Å². The molecule has 118 valence electrons. The first-order chi connectivity index (χ1) is 10.8. The molecule has 0 N–H and O–H groups in total. The van der Waals surface area contributed by atoms with Gasteiger partial charge in [0.1, 0.15) is 0 Å². The molecule has 0 aliphatic heterocycles. The lowest BCUT2D eigenvalue weighted by molar-refractivity contribution is 0.189. The van der Waals surface area contributed by atoms with Crippen molar-refractivity contribution in [2.24, 2.45) is 0 Å². The van der Waals surface area contributed by atoms with Gasteiger partial charge in [-0.2, -0.15) is 0 Å². The number of hydrogen-bond acceptors (Lipinski definition) is 1. The molecule has 2 aromatic rings. The zero-order valence-corrected chi connectivity index (χ0v) is 14.1. The van der Waals surface area contributed by atoms with Crippen LogP contribution in [0, 0.1) is 0 Å². The van der Waals surface area contributed by atoms with Gasteiger partial charge in [0.2, 0.25) is 0 Å². The monoisotopic (exact) mass is 296 g/mol. The van der Waals surface area contributed by atoms with Crippen molar-refractivity contribution in [2.75, 3.05) is 13.7 Å². The smallest absolute Gasteiger partial charge is 0.0571 e. The van der Waals surface area contributed by atoms with Gasteiger partial charge in [-0.05, 0) is 35.1 Å². The number of rotatable bonds is 8. The van der Waals surface area contributed by atoms with Crippen molar-refractivity contribution in [3.8, 4) is 0 Å². The zero-order chi connectivity index (χ0) is 15.8. The summed E-state index contributed by atoms with van der Waals surface area (Å²) in [5.74, 6) is 0.316. The van der Waals surface area contributed by atoms with Crippen LogP contribution in [0.1, 0.15) is 54.9 Å². The van der Waals surface area contributed by atoms with Gasteiger partial charge in [0.05, 0.1) is 6.61 Å². The molecular weight excluding hydrogens is 268 g/mol. The normalized spacial score (nSPS) is 11.1. The summed E-state index contributed by atoms with van der Waals surface area (Å²) in [6, 6.07) is 18.1. The highest BCUT2D eigenvalue weighted by molar-refractivity contribution is 5.36. The fourth-order valence-corrected chi connectivity index (χ4v) is 2.96. The molecule has 0 aromatic heterocycles. The van der Waals surface area contributed by atoms with E-state index >= 15 is 0 Å². The second kappa shape index (κ2) is 8.75. The minimum atomic E-state index is 0.316. The Morgan fingerprint density at radius 3 is 1.45 bits per heavy atom. The van der Waals surface area contributed by atoms with E-state index in [2.05, 4.69) is 62.4 Å². The van der Waals surface area contributed by atoms with Gasteiger partial charge in [0.25, 0.3) is 0 Å². The van der Waals surface area contributed by atoms with Gasteiger partial charge in [-0.1, -0.05) is 75.2 Å². The molecule has 2 aromatic carbocycles. The Labute approximate surface area is 135 Å². The first kappa shape index (κ1) is 16.8. The predicted octanol–water partition coefficient (Wildman–Crippen LogP) is 5.37. The summed E-state index contributed by atoms with van der Waals surface area (Å²) < 4.78 is 5.47. The molecule has 0 aliphatic carbocycles. The van der Waals surface area contributed by atoms with E-state index in [0.717, 1.165) is 19.4 Å². The number of benzene rings is 2. The zero-order valence-electron chi connectivity index (χ0n) is 14.1. The third-order valence-electron chi connectivity index (χ3n) is 4.17. The average molecular weight is 296 g/mol. The first-order valence-electron chi connectivity index (χ1n) is 8.45. The third-order valence-corrected chi connectivity index (χ3v) is 4.17. The van der Waals surface area contributed by atoms with E-state index in [4.69, 9.17) is 4.74 Å². The Balaban J connectivity index is 2.21. The molecule has 0 aliphatic rings. The van der Waals surface area contributed by atoms with Crippen molar-refractivity contribution >= 4 is 0 Å². The van der Waals surface area contributed by atoms with Crippen molar-refractivity contribution in [3.05, 3.63) is 70.8 Å². The van der Waals surface area contributed by atoms with Crippen LogP contribution in [0.4, 0.5) is 0 Å². The van der Waals surface area contributed by atoms with Gasteiger partial charge >= 0.3 is 0 Å². The van der Waals surface area contributed by atoms with Gasteiger partial charge in [-0.3, -0.25) is 0 Å². The molecule has 0 saturated carbocycles. The fourth-order valence-electron chi connectivity index (χ4n) is 2.96. The molecule has 0 amide bonds. The lowest BCUT2D eigenvalue weighted by Gasteiger charge is -2.18. The van der Waals surface area contributed by atoms with Gasteiger partial charge in [-0.25, -0.2) is 0 Å². The highest BCUT2D eigenvalue weighted by atomic mass is 16.5. The Morgan fingerprint density at radius 2 is 1.14 bits per heavy atom. The van der Waals surface area contributed by atoms with Crippen LogP contribution in [0.2, 0.25) is 0 Å². The van der Waals surface area contributed by atoms with Crippen LogP contribution in [0.25, 0.3) is 0 Å². The van der Waals surface area contributed by atoms with E-state index in [1.54, 1.807) is 7.11 Å². The van der Waals surface area contributed by atoms with E-state index in [9.17, 15) is 0 Å². The predicted molar refractivity (Wildman–Crippen MR) is 94.6 cm³/mol. The second-order valence-corrected chi connectivity index (χ2v) is 5.99. The van der Waals surface area contributed by atoms with Crippen molar-refractivity contribution < 1.29 is 4.74 Å². The number of aryl methyl sites for hydroxylation is 2. The summed E-state index contributed by atoms with van der Waals surface area (Å²) in [6.07, 6.45) is 4.70. The van der Waals surface area contributed by atoms with Gasteiger partial charge in [-0.15, -0.1) is 0 Å². The Bertz CT molecular complexity index is 490. The van der Waals surface area contributed by atoms with Crippen LogP contribution in [0.3, 0.4) is 0 Å². The van der Waals surface area contributed by atoms with E-state index in [1.807, 2.05) is 0 Å². The maximum atomic E-state index is 5.47. The number of hydrogen-bond donors (Lipinski definition) is 0. The van der Waals surface area contributed by atoms with Crippen LogP contribution < -0.4 is 0 Å². The fraction of sp³-hybridized carbons (Fsp3) is 0.429. The van der Waals surface area contributed by atoms with Crippen LogP contribution in [0.15, 0.2) is 48.5 Å². The Hall–Kier alpha value is -1.60. The highest BCUT2D eigenvalue weighted by Gasteiger charge is 2.14. The molecule has 0 bridgehead atoms. The maximum absolute atomic E-state index is 5.47. The number of methoxy groups -OCH3 is 1. The molecule has 0 radical (unpaired) electrons. The lowest BCUT2D eigenvalue weighted by atomic mass is 9.90. The highest BCUT2D eigenvalue weighted by Crippen LogP contribution is 2.26. The van der Waals surface area contributed by atoms with Gasteiger partial charge in [0.15, 0.2) is 0 Å². The van der Waals surface area contributed by atoms with E-state index in [-0.39, 0.29) is 0 Å². The Kier molecular flexibility index (Phi) is 6.67. The topological polar surface area (TPSA) is 9.23 Å². The molecule has 0 fully saturated rings. The van der Waals surface area contributed by atoms with Crippen molar-refractivity contribution in [2.45, 2.75) is 45.4 Å². The van der Waals surface area contributed by atoms with Crippen molar-refractivity contribution in [1.82, 2.24) is 0 Å². The maximum Gasteiger partial charge on any atom is 0.0571 e. The molecule has 0 heterocycles. The summed E-state index contributed by atoms with van der Waals surface area (Å²) in [7, 11) is 1.78. The molecule has 0 atom stereocenters. The van der Waals surface area contributed by atoms with E-state index in [0.29, 0.717) is 5.92 Å². The van der Waals surface area contributed by atoms with Crippen molar-refractivity contribution in [1.29, 1.82) is 0 Å². The number of ether oxygens (including phenoxy) is 1. The first-order valence-corrected chi connectivity index (χ1v) is 8.45. The largest absolute Gasteiger partial charge is 0.384 e. The quantitative estimate of drug-likeness (QED) is 0.636. The average Bonchev–Trinajstić information content (AvgIpc) is 2.55. The van der Waals surface area contributed by atoms with Crippen molar-refractivity contribution in [3.63, 3.8) is 0 Å². The summed E-state index contributed by atoms with van der Waals surface area (Å²) in [5, 5.41) is 0. The minimum Gasteiger partial charge on any atom is -0.384 e.